The van der Waals surface area contributed by atoms with Crippen LogP contribution in [0.3, 0.4) is 0 Å². The zero-order valence-electron chi connectivity index (χ0n) is 50.3. The van der Waals surface area contributed by atoms with Crippen molar-refractivity contribution in [2.45, 2.75) is 432 Å². The average Bonchev–Trinajstić information content (AvgIpc) is 3.37. The lowest BCUT2D eigenvalue weighted by Gasteiger charge is -2.17. The van der Waals surface area contributed by atoms with E-state index >= 15 is 0 Å². The van der Waals surface area contributed by atoms with Crippen LogP contribution in [-0.2, 0) is 0 Å². The Morgan fingerprint density at radius 2 is 0.371 bits per heavy atom. The first-order valence-corrected chi connectivity index (χ1v) is 34.6. The number of unbranched alkanes of at least 4 members (excludes halogenated alkanes) is 55. The van der Waals surface area contributed by atoms with Crippen LogP contribution in [0.4, 0.5) is 0 Å². The summed E-state index contributed by atoms with van der Waals surface area (Å²) in [6, 6.07) is 0. The molecule has 0 saturated carbocycles. The van der Waals surface area contributed by atoms with Crippen molar-refractivity contribution in [1.82, 2.24) is 0 Å². The Labute approximate surface area is 448 Å². The molecule has 0 nitrogen and oxygen atoms in total. The van der Waals surface area contributed by atoms with Crippen LogP contribution >= 0.6 is 0 Å². The van der Waals surface area contributed by atoms with Crippen molar-refractivity contribution in [3.05, 3.63) is 6.42 Å². The summed E-state index contributed by atoms with van der Waals surface area (Å²) >= 11 is 0. The zero-order valence-corrected chi connectivity index (χ0v) is 50.3. The molecule has 0 aliphatic heterocycles. The van der Waals surface area contributed by atoms with Crippen LogP contribution in [0.5, 0.6) is 0 Å². The summed E-state index contributed by atoms with van der Waals surface area (Å²) in [5.41, 5.74) is 0. The fraction of sp³-hybridized carbons (Fsp3) is 0.986. The van der Waals surface area contributed by atoms with Gasteiger partial charge in [0.15, 0.2) is 0 Å². The van der Waals surface area contributed by atoms with Crippen molar-refractivity contribution in [2.75, 3.05) is 0 Å². The zero-order chi connectivity index (χ0) is 50.4. The Kier molecular flexibility index (Phi) is 65.1. The van der Waals surface area contributed by atoms with E-state index in [1.807, 2.05) is 0 Å². The molecule has 0 saturated heterocycles. The molecule has 0 aromatic carbocycles. The van der Waals surface area contributed by atoms with Gasteiger partial charge < -0.3 is 0 Å². The summed E-state index contributed by atoms with van der Waals surface area (Å²) in [5.74, 6) is 1.92. The molecule has 0 heteroatoms. The highest BCUT2D eigenvalue weighted by Crippen LogP contribution is 2.26. The van der Waals surface area contributed by atoms with Crippen LogP contribution in [0, 0.1) is 18.3 Å². The van der Waals surface area contributed by atoms with E-state index in [1.54, 1.807) is 0 Å². The van der Waals surface area contributed by atoms with Gasteiger partial charge in [0.1, 0.15) is 0 Å². The minimum atomic E-state index is 0.932. The predicted molar refractivity (Wildman–Crippen MR) is 325 cm³/mol. The maximum atomic E-state index is 2.71. The van der Waals surface area contributed by atoms with E-state index in [9.17, 15) is 0 Å². The lowest BCUT2D eigenvalue weighted by molar-refractivity contribution is 0.376. The summed E-state index contributed by atoms with van der Waals surface area (Å²) in [6.45, 7) is 9.51. The molecular formula is C70H141. The molecule has 0 rings (SSSR count). The van der Waals surface area contributed by atoms with Crippen molar-refractivity contribution in [1.29, 1.82) is 0 Å². The maximum absolute atomic E-state index is 2.71. The Bertz CT molecular complexity index is 858. The van der Waals surface area contributed by atoms with E-state index in [2.05, 4.69) is 34.1 Å². The fourth-order valence-electron chi connectivity index (χ4n) is 11.9. The van der Waals surface area contributed by atoms with Crippen molar-refractivity contribution in [3.63, 3.8) is 0 Å². The third-order valence-electron chi connectivity index (χ3n) is 17.1. The van der Waals surface area contributed by atoms with E-state index < -0.39 is 0 Å². The molecular weight excluding hydrogens is 841 g/mol. The van der Waals surface area contributed by atoms with E-state index in [0.29, 0.717) is 0 Å². The standard InChI is InChI=1S/C70H141/c1-5-8-11-14-17-20-23-26-29-32-34-35-36-38-41-44-47-50-53-56-62-67-70(66-61-55-52-49-46-43-40-37-33-30-27-24-21-18-15-12-9-6-2)68-63-58-57-60-65-69(4)64-59-54-51-48-45-42-39-31-28-25-22-19-16-13-10-7-3/h58,69-70H,5-57,59-68H2,1-4H3. The van der Waals surface area contributed by atoms with Gasteiger partial charge in [-0.2, -0.15) is 0 Å². The molecule has 0 N–H and O–H groups in total. The van der Waals surface area contributed by atoms with Crippen molar-refractivity contribution >= 4 is 0 Å². The molecule has 0 heterocycles. The molecule has 0 aromatic heterocycles. The van der Waals surface area contributed by atoms with Gasteiger partial charge in [-0.25, -0.2) is 0 Å². The second kappa shape index (κ2) is 65.1. The van der Waals surface area contributed by atoms with Gasteiger partial charge in [-0.15, -0.1) is 0 Å². The van der Waals surface area contributed by atoms with Crippen molar-refractivity contribution in [3.8, 4) is 0 Å². The Morgan fingerprint density at radius 3 is 0.600 bits per heavy atom. The predicted octanol–water partition coefficient (Wildman–Crippen LogP) is 27.1. The van der Waals surface area contributed by atoms with Crippen molar-refractivity contribution < 1.29 is 0 Å². The minimum absolute atomic E-state index is 0.932. The molecule has 2 atom stereocenters. The highest BCUT2D eigenvalue weighted by molar-refractivity contribution is 4.71. The summed E-state index contributed by atoms with van der Waals surface area (Å²) in [6.07, 6.45) is 95.7. The van der Waals surface area contributed by atoms with Crippen LogP contribution in [0.15, 0.2) is 0 Å². The van der Waals surface area contributed by atoms with Gasteiger partial charge in [-0.05, 0) is 24.7 Å². The maximum Gasteiger partial charge on any atom is -0.0386 e. The third-order valence-corrected chi connectivity index (χ3v) is 17.1. The van der Waals surface area contributed by atoms with Crippen LogP contribution < -0.4 is 0 Å². The molecule has 70 heavy (non-hydrogen) atoms. The number of hydrogen-bond donors (Lipinski definition) is 0. The summed E-state index contributed by atoms with van der Waals surface area (Å²) in [4.78, 5) is 0. The highest BCUT2D eigenvalue weighted by atomic mass is 14.2. The largest absolute Gasteiger partial charge is 0.0654 e. The first kappa shape index (κ1) is 70.0. The van der Waals surface area contributed by atoms with Crippen LogP contribution in [0.25, 0.3) is 0 Å². The van der Waals surface area contributed by atoms with Gasteiger partial charge >= 0.3 is 0 Å². The molecule has 0 amide bonds. The molecule has 2 unspecified atom stereocenters. The topological polar surface area (TPSA) is 0 Å². The highest BCUT2D eigenvalue weighted by Gasteiger charge is 2.10. The second-order valence-corrected chi connectivity index (χ2v) is 24.5. The molecule has 0 fully saturated rings. The molecule has 0 aliphatic rings. The Balaban J connectivity index is 4.04. The molecule has 0 bridgehead atoms. The molecule has 0 spiro atoms. The van der Waals surface area contributed by atoms with Gasteiger partial charge in [0.2, 0.25) is 0 Å². The lowest BCUT2D eigenvalue weighted by atomic mass is 9.89. The molecule has 0 aliphatic carbocycles. The van der Waals surface area contributed by atoms with Gasteiger partial charge in [0.25, 0.3) is 0 Å². The van der Waals surface area contributed by atoms with E-state index in [0.717, 1.165) is 11.8 Å². The van der Waals surface area contributed by atoms with Gasteiger partial charge in [-0.3, -0.25) is 0 Å². The number of rotatable bonds is 65. The monoisotopic (exact) mass is 982 g/mol. The second-order valence-electron chi connectivity index (χ2n) is 24.5. The smallest absolute Gasteiger partial charge is 0.0386 e. The molecule has 421 valence electrons. The first-order chi connectivity index (χ1) is 34.7. The normalized spacial score (nSPS) is 12.7. The fourth-order valence-corrected chi connectivity index (χ4v) is 11.9. The van der Waals surface area contributed by atoms with E-state index in [4.69, 9.17) is 0 Å². The minimum Gasteiger partial charge on any atom is -0.0654 e. The van der Waals surface area contributed by atoms with Crippen LogP contribution in [-0.4, -0.2) is 0 Å². The van der Waals surface area contributed by atoms with E-state index in [1.165, 1.54) is 405 Å². The van der Waals surface area contributed by atoms with Gasteiger partial charge in [0.05, 0.1) is 0 Å². The Morgan fingerprint density at radius 1 is 0.186 bits per heavy atom. The third kappa shape index (κ3) is 62.3. The summed E-state index contributed by atoms with van der Waals surface area (Å²) in [5, 5.41) is 0. The van der Waals surface area contributed by atoms with Crippen LogP contribution in [0.1, 0.15) is 432 Å². The lowest BCUT2D eigenvalue weighted by Crippen LogP contribution is -2.02. The van der Waals surface area contributed by atoms with Crippen molar-refractivity contribution in [2.24, 2.45) is 11.8 Å². The first-order valence-electron chi connectivity index (χ1n) is 34.6. The van der Waals surface area contributed by atoms with E-state index in [-0.39, 0.29) is 0 Å². The quantitative estimate of drug-likeness (QED) is 0.0533. The SMILES string of the molecule is CCCCCCCCCCCCCCCCCCCCCCCC(CC[CH]CCCC(C)CCCCCCCCCCCCCCCCCC)CCCCCCCCCCCCCCCCCCCC. The van der Waals surface area contributed by atoms with Gasteiger partial charge in [-0.1, -0.05) is 426 Å². The molecule has 1 radical (unpaired) electrons. The number of hydrogen-bond acceptors (Lipinski definition) is 0. The Hall–Kier alpha value is 0. The average molecular weight is 983 g/mol. The van der Waals surface area contributed by atoms with Crippen LogP contribution in [0.2, 0.25) is 0 Å². The summed E-state index contributed by atoms with van der Waals surface area (Å²) < 4.78 is 0. The molecule has 0 aromatic rings. The summed E-state index contributed by atoms with van der Waals surface area (Å²) in [7, 11) is 0. The van der Waals surface area contributed by atoms with Gasteiger partial charge in [0, 0.05) is 0 Å².